The summed E-state index contributed by atoms with van der Waals surface area (Å²) in [6.07, 6.45) is 1.74. The van der Waals surface area contributed by atoms with Gasteiger partial charge in [-0.25, -0.2) is 0 Å². The molecule has 3 N–H and O–H groups in total. The van der Waals surface area contributed by atoms with Crippen LogP contribution in [0.15, 0.2) is 18.2 Å². The third-order valence-corrected chi connectivity index (χ3v) is 2.81. The topological polar surface area (TPSA) is 90.4 Å². The van der Waals surface area contributed by atoms with E-state index in [-0.39, 0.29) is 17.8 Å². The maximum Gasteiger partial charge on any atom is 0.311 e. The van der Waals surface area contributed by atoms with Gasteiger partial charge in [0.05, 0.1) is 11.5 Å². The second kappa shape index (κ2) is 5.22. The SMILES string of the molecule is CCCOc1cc(NC2CC2N)ccc1[N+](=O)[O-]. The highest BCUT2D eigenvalue weighted by atomic mass is 16.6. The third-order valence-electron chi connectivity index (χ3n) is 2.81. The van der Waals surface area contributed by atoms with E-state index in [1.165, 1.54) is 6.07 Å². The minimum Gasteiger partial charge on any atom is -0.487 e. The lowest BCUT2D eigenvalue weighted by molar-refractivity contribution is -0.385. The molecule has 1 aliphatic rings. The molecule has 0 saturated heterocycles. The van der Waals surface area contributed by atoms with Crippen molar-refractivity contribution in [2.24, 2.45) is 5.73 Å². The van der Waals surface area contributed by atoms with Crippen LogP contribution in [0, 0.1) is 10.1 Å². The van der Waals surface area contributed by atoms with Gasteiger partial charge in [-0.15, -0.1) is 0 Å². The number of nitrogens with zero attached hydrogens (tertiary/aromatic N) is 1. The molecule has 0 radical (unpaired) electrons. The Morgan fingerprint density at radius 1 is 1.61 bits per heavy atom. The van der Waals surface area contributed by atoms with Crippen LogP contribution in [0.5, 0.6) is 5.75 Å². The van der Waals surface area contributed by atoms with Gasteiger partial charge in [0, 0.05) is 29.9 Å². The first kappa shape index (κ1) is 12.6. The van der Waals surface area contributed by atoms with Gasteiger partial charge in [0.1, 0.15) is 0 Å². The first-order valence-corrected chi connectivity index (χ1v) is 6.05. The number of hydrogen-bond acceptors (Lipinski definition) is 5. The number of hydrogen-bond donors (Lipinski definition) is 2. The Hall–Kier alpha value is -1.82. The van der Waals surface area contributed by atoms with Gasteiger partial charge in [0.25, 0.3) is 0 Å². The Labute approximate surface area is 105 Å². The first-order valence-electron chi connectivity index (χ1n) is 6.05. The molecule has 18 heavy (non-hydrogen) atoms. The Morgan fingerprint density at radius 2 is 2.33 bits per heavy atom. The number of nitro benzene ring substituents is 1. The van der Waals surface area contributed by atoms with Gasteiger partial charge < -0.3 is 15.8 Å². The van der Waals surface area contributed by atoms with Crippen LogP contribution in [0.25, 0.3) is 0 Å². The molecule has 2 atom stereocenters. The van der Waals surface area contributed by atoms with Gasteiger partial charge in [0.15, 0.2) is 5.75 Å². The molecule has 1 aromatic rings. The quantitative estimate of drug-likeness (QED) is 0.595. The van der Waals surface area contributed by atoms with Gasteiger partial charge in [-0.3, -0.25) is 10.1 Å². The number of benzene rings is 1. The molecule has 1 aliphatic carbocycles. The van der Waals surface area contributed by atoms with E-state index in [1.807, 2.05) is 6.92 Å². The zero-order valence-electron chi connectivity index (χ0n) is 10.3. The second-order valence-electron chi connectivity index (χ2n) is 4.44. The van der Waals surface area contributed by atoms with Crippen molar-refractivity contribution in [3.05, 3.63) is 28.3 Å². The molecule has 2 rings (SSSR count). The zero-order valence-corrected chi connectivity index (χ0v) is 10.3. The lowest BCUT2D eigenvalue weighted by Gasteiger charge is -2.09. The Morgan fingerprint density at radius 3 is 2.89 bits per heavy atom. The summed E-state index contributed by atoms with van der Waals surface area (Å²) in [6, 6.07) is 5.26. The standard InChI is InChI=1S/C12H17N3O3/c1-2-5-18-12-6-8(14-10-7-9(10)13)3-4-11(12)15(16)17/h3-4,6,9-10,14H,2,5,7,13H2,1H3. The minimum atomic E-state index is -0.433. The predicted molar refractivity (Wildman–Crippen MR) is 68.9 cm³/mol. The number of nitrogens with two attached hydrogens (primary N) is 1. The van der Waals surface area contributed by atoms with E-state index in [4.69, 9.17) is 10.5 Å². The van der Waals surface area contributed by atoms with Crippen molar-refractivity contribution < 1.29 is 9.66 Å². The average molecular weight is 251 g/mol. The zero-order chi connectivity index (χ0) is 13.1. The van der Waals surface area contributed by atoms with Crippen molar-refractivity contribution in [3.63, 3.8) is 0 Å². The molecule has 0 aromatic heterocycles. The summed E-state index contributed by atoms with van der Waals surface area (Å²) in [5, 5.41) is 14.1. The lowest BCUT2D eigenvalue weighted by Crippen LogP contribution is -2.13. The molecule has 0 bridgehead atoms. The summed E-state index contributed by atoms with van der Waals surface area (Å²) in [5.41, 5.74) is 6.51. The number of ether oxygens (including phenoxy) is 1. The highest BCUT2D eigenvalue weighted by Gasteiger charge is 2.33. The molecule has 1 aromatic carbocycles. The van der Waals surface area contributed by atoms with Gasteiger partial charge in [-0.05, 0) is 18.9 Å². The number of anilines is 1. The van der Waals surface area contributed by atoms with Crippen molar-refractivity contribution in [1.82, 2.24) is 0 Å². The number of nitrogens with one attached hydrogen (secondary N) is 1. The van der Waals surface area contributed by atoms with Crippen LogP contribution in [-0.2, 0) is 0 Å². The summed E-state index contributed by atoms with van der Waals surface area (Å²) >= 11 is 0. The molecule has 2 unspecified atom stereocenters. The minimum absolute atomic E-state index is 0.00547. The lowest BCUT2D eigenvalue weighted by atomic mass is 10.2. The normalized spacial score (nSPS) is 21.4. The van der Waals surface area contributed by atoms with Crippen LogP contribution in [-0.4, -0.2) is 23.6 Å². The van der Waals surface area contributed by atoms with Crippen LogP contribution in [0.1, 0.15) is 19.8 Å². The third kappa shape index (κ3) is 2.89. The van der Waals surface area contributed by atoms with Crippen LogP contribution < -0.4 is 15.8 Å². The fourth-order valence-corrected chi connectivity index (χ4v) is 1.68. The first-order chi connectivity index (χ1) is 8.61. The summed E-state index contributed by atoms with van der Waals surface area (Å²) < 4.78 is 5.40. The van der Waals surface area contributed by atoms with Crippen LogP contribution >= 0.6 is 0 Å². The van der Waals surface area contributed by atoms with Crippen LogP contribution in [0.3, 0.4) is 0 Å². The van der Waals surface area contributed by atoms with E-state index in [1.54, 1.807) is 12.1 Å². The van der Waals surface area contributed by atoms with Gasteiger partial charge in [0.2, 0.25) is 0 Å². The summed E-state index contributed by atoms with van der Waals surface area (Å²) in [5.74, 6) is 0.307. The van der Waals surface area contributed by atoms with Crippen molar-refractivity contribution in [1.29, 1.82) is 0 Å². The van der Waals surface area contributed by atoms with Gasteiger partial charge >= 0.3 is 5.69 Å². The summed E-state index contributed by atoms with van der Waals surface area (Å²) in [4.78, 5) is 10.4. The Bertz CT molecular complexity index is 450. The highest BCUT2D eigenvalue weighted by Crippen LogP contribution is 2.32. The van der Waals surface area contributed by atoms with Gasteiger partial charge in [-0.1, -0.05) is 6.92 Å². The summed E-state index contributed by atoms with van der Waals surface area (Å²) in [7, 11) is 0. The maximum atomic E-state index is 10.9. The molecular weight excluding hydrogens is 234 g/mol. The van der Waals surface area contributed by atoms with Crippen molar-refractivity contribution in [2.45, 2.75) is 31.8 Å². The Kier molecular flexibility index (Phi) is 3.66. The highest BCUT2D eigenvalue weighted by molar-refractivity contribution is 5.59. The molecule has 0 heterocycles. The monoisotopic (exact) mass is 251 g/mol. The van der Waals surface area contributed by atoms with E-state index in [2.05, 4.69) is 5.32 Å². The molecule has 6 nitrogen and oxygen atoms in total. The van der Waals surface area contributed by atoms with E-state index in [0.29, 0.717) is 12.4 Å². The van der Waals surface area contributed by atoms with E-state index >= 15 is 0 Å². The van der Waals surface area contributed by atoms with Crippen LogP contribution in [0.2, 0.25) is 0 Å². The molecule has 0 amide bonds. The fourth-order valence-electron chi connectivity index (χ4n) is 1.68. The number of rotatable bonds is 6. The molecule has 0 aliphatic heterocycles. The van der Waals surface area contributed by atoms with E-state index < -0.39 is 4.92 Å². The second-order valence-corrected chi connectivity index (χ2v) is 4.44. The van der Waals surface area contributed by atoms with E-state index in [9.17, 15) is 10.1 Å². The molecule has 0 spiro atoms. The largest absolute Gasteiger partial charge is 0.487 e. The van der Waals surface area contributed by atoms with Crippen molar-refractivity contribution >= 4 is 11.4 Å². The van der Waals surface area contributed by atoms with E-state index in [0.717, 1.165) is 18.5 Å². The predicted octanol–water partition coefficient (Wildman–Crippen LogP) is 1.90. The molecule has 98 valence electrons. The maximum absolute atomic E-state index is 10.9. The number of nitro groups is 1. The van der Waals surface area contributed by atoms with Crippen molar-refractivity contribution in [2.75, 3.05) is 11.9 Å². The molecule has 6 heteroatoms. The molecule has 1 saturated carbocycles. The summed E-state index contributed by atoms with van der Waals surface area (Å²) in [6.45, 7) is 2.42. The smallest absolute Gasteiger partial charge is 0.311 e. The Balaban J connectivity index is 2.15. The average Bonchev–Trinajstić information content (AvgIpc) is 3.02. The molecule has 1 fully saturated rings. The van der Waals surface area contributed by atoms with Gasteiger partial charge in [-0.2, -0.15) is 0 Å². The van der Waals surface area contributed by atoms with Crippen molar-refractivity contribution in [3.8, 4) is 5.75 Å². The van der Waals surface area contributed by atoms with Crippen LogP contribution in [0.4, 0.5) is 11.4 Å². The fraction of sp³-hybridized carbons (Fsp3) is 0.500. The molecular formula is C12H17N3O3.